The minimum Gasteiger partial charge on any atom is -0.497 e. The molecule has 0 spiro atoms. The Kier molecular flexibility index (Phi) is 3.82. The predicted molar refractivity (Wildman–Crippen MR) is 60.7 cm³/mol. The van der Waals surface area contributed by atoms with Crippen LogP contribution in [0.4, 0.5) is 0 Å². The van der Waals surface area contributed by atoms with Crippen molar-refractivity contribution in [1.82, 2.24) is 0 Å². The van der Waals surface area contributed by atoms with Crippen molar-refractivity contribution >= 4 is 41.6 Å². The zero-order valence-corrected chi connectivity index (χ0v) is 11.1. The van der Waals surface area contributed by atoms with E-state index in [4.69, 9.17) is 20.5 Å². The third kappa shape index (κ3) is 2.66. The molecule has 0 fully saturated rings. The Balaban J connectivity index is 3.67. The van der Waals surface area contributed by atoms with E-state index in [1.54, 1.807) is 0 Å². The number of hydrogen-bond donors (Lipinski definition) is 1. The van der Waals surface area contributed by atoms with Crippen LogP contribution in [-0.2, 0) is 9.05 Å². The van der Waals surface area contributed by atoms with E-state index in [9.17, 15) is 13.2 Å². The minimum atomic E-state index is -4.15. The normalized spacial score (nSPS) is 11.2. The van der Waals surface area contributed by atoms with E-state index in [0.29, 0.717) is 0 Å². The standard InChI is InChI=1S/C8H6BrClO5S/c1-15-4-2-5(9)7(8(11)12)6(3-4)16(10,13)14/h2-3H,1H3,(H,11,12). The molecule has 0 unspecified atom stereocenters. The summed E-state index contributed by atoms with van der Waals surface area (Å²) in [6.45, 7) is 0. The van der Waals surface area contributed by atoms with Gasteiger partial charge < -0.3 is 9.84 Å². The molecule has 0 aliphatic rings. The lowest BCUT2D eigenvalue weighted by atomic mass is 10.2. The maximum Gasteiger partial charge on any atom is 0.338 e. The average molecular weight is 330 g/mol. The van der Waals surface area contributed by atoms with Crippen molar-refractivity contribution < 1.29 is 23.1 Å². The molecule has 88 valence electrons. The van der Waals surface area contributed by atoms with Crippen molar-refractivity contribution in [3.05, 3.63) is 22.2 Å². The zero-order chi connectivity index (χ0) is 12.5. The van der Waals surface area contributed by atoms with Gasteiger partial charge in [-0.05, 0) is 22.0 Å². The second-order valence-corrected chi connectivity index (χ2v) is 6.11. The van der Waals surface area contributed by atoms with Gasteiger partial charge in [-0.3, -0.25) is 0 Å². The monoisotopic (exact) mass is 328 g/mol. The number of rotatable bonds is 3. The van der Waals surface area contributed by atoms with Gasteiger partial charge in [0.05, 0.1) is 12.7 Å². The highest BCUT2D eigenvalue weighted by atomic mass is 79.9. The Labute approximate surface area is 105 Å². The van der Waals surface area contributed by atoms with Gasteiger partial charge in [0, 0.05) is 21.2 Å². The molecule has 0 aromatic heterocycles. The third-order valence-electron chi connectivity index (χ3n) is 1.74. The summed E-state index contributed by atoms with van der Waals surface area (Å²) < 4.78 is 27.3. The van der Waals surface area contributed by atoms with E-state index < -0.39 is 25.5 Å². The third-order valence-corrected chi connectivity index (χ3v) is 3.71. The highest BCUT2D eigenvalue weighted by Crippen LogP contribution is 2.31. The second kappa shape index (κ2) is 4.60. The second-order valence-electron chi connectivity index (χ2n) is 2.73. The first-order valence-corrected chi connectivity index (χ1v) is 6.93. The maximum absolute atomic E-state index is 11.2. The zero-order valence-electron chi connectivity index (χ0n) is 7.90. The fourth-order valence-corrected chi connectivity index (χ4v) is 2.88. The highest BCUT2D eigenvalue weighted by Gasteiger charge is 2.24. The van der Waals surface area contributed by atoms with Gasteiger partial charge in [-0.1, -0.05) is 0 Å². The molecule has 1 aromatic carbocycles. The van der Waals surface area contributed by atoms with Gasteiger partial charge in [-0.2, -0.15) is 0 Å². The van der Waals surface area contributed by atoms with Gasteiger partial charge in [0.25, 0.3) is 9.05 Å². The van der Waals surface area contributed by atoms with E-state index in [1.165, 1.54) is 13.2 Å². The first-order chi connectivity index (χ1) is 7.27. The molecule has 1 aromatic rings. The molecule has 0 radical (unpaired) electrons. The van der Waals surface area contributed by atoms with Crippen LogP contribution in [0.3, 0.4) is 0 Å². The molecule has 0 saturated carbocycles. The molecule has 0 aliphatic carbocycles. The van der Waals surface area contributed by atoms with Gasteiger partial charge in [-0.15, -0.1) is 0 Å². The van der Waals surface area contributed by atoms with E-state index >= 15 is 0 Å². The first-order valence-electron chi connectivity index (χ1n) is 3.83. The van der Waals surface area contributed by atoms with Crippen LogP contribution in [-0.4, -0.2) is 26.6 Å². The number of hydrogen-bond acceptors (Lipinski definition) is 4. The molecular formula is C8H6BrClO5S. The van der Waals surface area contributed by atoms with Gasteiger partial charge in [0.1, 0.15) is 10.6 Å². The Bertz CT molecular complexity index is 540. The van der Waals surface area contributed by atoms with Crippen LogP contribution in [0.15, 0.2) is 21.5 Å². The van der Waals surface area contributed by atoms with Gasteiger partial charge in [0.2, 0.25) is 0 Å². The van der Waals surface area contributed by atoms with Crippen LogP contribution in [0.1, 0.15) is 10.4 Å². The summed E-state index contributed by atoms with van der Waals surface area (Å²) in [4.78, 5) is 10.4. The molecule has 0 bridgehead atoms. The molecule has 8 heteroatoms. The summed E-state index contributed by atoms with van der Waals surface area (Å²) in [6.07, 6.45) is 0. The van der Waals surface area contributed by atoms with Gasteiger partial charge in [0.15, 0.2) is 0 Å². The largest absolute Gasteiger partial charge is 0.497 e. The van der Waals surface area contributed by atoms with Crippen molar-refractivity contribution in [3.63, 3.8) is 0 Å². The molecule has 0 saturated heterocycles. The van der Waals surface area contributed by atoms with E-state index in [1.807, 2.05) is 0 Å². The van der Waals surface area contributed by atoms with Crippen LogP contribution < -0.4 is 4.74 Å². The van der Waals surface area contributed by atoms with Crippen molar-refractivity contribution in [2.24, 2.45) is 0 Å². The van der Waals surface area contributed by atoms with Crippen LogP contribution in [0.5, 0.6) is 5.75 Å². The van der Waals surface area contributed by atoms with Crippen LogP contribution in [0.2, 0.25) is 0 Å². The van der Waals surface area contributed by atoms with Crippen LogP contribution >= 0.6 is 26.6 Å². The predicted octanol–water partition coefficient (Wildman–Crippen LogP) is 2.08. The van der Waals surface area contributed by atoms with Crippen molar-refractivity contribution in [3.8, 4) is 5.75 Å². The lowest BCUT2D eigenvalue weighted by Gasteiger charge is -2.08. The van der Waals surface area contributed by atoms with Gasteiger partial charge in [-0.25, -0.2) is 13.2 Å². The Morgan fingerprint density at radius 1 is 1.50 bits per heavy atom. The highest BCUT2D eigenvalue weighted by molar-refractivity contribution is 9.10. The number of carbonyl (C=O) groups is 1. The van der Waals surface area contributed by atoms with Crippen molar-refractivity contribution in [2.75, 3.05) is 7.11 Å². The first kappa shape index (κ1) is 13.3. The van der Waals surface area contributed by atoms with Crippen LogP contribution in [0, 0.1) is 0 Å². The molecule has 0 amide bonds. The Morgan fingerprint density at radius 2 is 2.06 bits per heavy atom. The van der Waals surface area contributed by atoms with Crippen molar-refractivity contribution in [1.29, 1.82) is 0 Å². The number of ether oxygens (including phenoxy) is 1. The number of halogens is 2. The van der Waals surface area contributed by atoms with Crippen molar-refractivity contribution in [2.45, 2.75) is 4.90 Å². The molecule has 1 N–H and O–H groups in total. The average Bonchev–Trinajstić information content (AvgIpc) is 2.14. The smallest absolute Gasteiger partial charge is 0.338 e. The number of carboxylic acid groups (broad SMARTS) is 1. The van der Waals surface area contributed by atoms with Gasteiger partial charge >= 0.3 is 5.97 Å². The number of aromatic carboxylic acids is 1. The quantitative estimate of drug-likeness (QED) is 0.859. The maximum atomic E-state index is 11.2. The topological polar surface area (TPSA) is 80.7 Å². The number of methoxy groups -OCH3 is 1. The summed E-state index contributed by atoms with van der Waals surface area (Å²) in [5.41, 5.74) is -0.421. The summed E-state index contributed by atoms with van der Waals surface area (Å²) in [6, 6.07) is 2.39. The summed E-state index contributed by atoms with van der Waals surface area (Å²) in [5.74, 6) is -1.20. The summed E-state index contributed by atoms with van der Waals surface area (Å²) >= 11 is 2.95. The lowest BCUT2D eigenvalue weighted by Crippen LogP contribution is -2.06. The molecule has 0 atom stereocenters. The fraction of sp³-hybridized carbons (Fsp3) is 0.125. The molecule has 5 nitrogen and oxygen atoms in total. The summed E-state index contributed by atoms with van der Waals surface area (Å²) in [7, 11) is 2.32. The molecular weight excluding hydrogens is 324 g/mol. The fourth-order valence-electron chi connectivity index (χ4n) is 1.08. The number of benzene rings is 1. The van der Waals surface area contributed by atoms with E-state index in [0.717, 1.165) is 6.07 Å². The minimum absolute atomic E-state index is 0.0820. The molecule has 0 aliphatic heterocycles. The lowest BCUT2D eigenvalue weighted by molar-refractivity contribution is 0.0691. The molecule has 1 rings (SSSR count). The Morgan fingerprint density at radius 3 is 2.44 bits per heavy atom. The van der Waals surface area contributed by atoms with E-state index in [2.05, 4.69) is 15.9 Å². The van der Waals surface area contributed by atoms with E-state index in [-0.39, 0.29) is 10.2 Å². The SMILES string of the molecule is COc1cc(Br)c(C(=O)O)c(S(=O)(=O)Cl)c1. The number of carboxylic acids is 1. The molecule has 0 heterocycles. The van der Waals surface area contributed by atoms with Crippen LogP contribution in [0.25, 0.3) is 0 Å². The summed E-state index contributed by atoms with van der Waals surface area (Å²) in [5, 5.41) is 8.88. The Hall–Kier alpha value is -0.790. The molecule has 16 heavy (non-hydrogen) atoms.